The molecule has 0 aliphatic rings. The largest absolute Gasteiger partial charge is 0.362 e. The van der Waals surface area contributed by atoms with Crippen molar-refractivity contribution < 1.29 is 0 Å². The first kappa shape index (κ1) is 13.5. The van der Waals surface area contributed by atoms with E-state index in [1.165, 1.54) is 5.56 Å². The monoisotopic (exact) mass is 259 g/mol. The highest BCUT2D eigenvalue weighted by Crippen LogP contribution is 2.23. The molecule has 0 aliphatic carbocycles. The fourth-order valence-electron chi connectivity index (χ4n) is 1.92. The Morgan fingerprint density at radius 2 is 2.00 bits per heavy atom. The summed E-state index contributed by atoms with van der Waals surface area (Å²) in [5.74, 6) is 0.776. The van der Waals surface area contributed by atoms with Crippen LogP contribution in [0.15, 0.2) is 24.8 Å². The van der Waals surface area contributed by atoms with Crippen LogP contribution in [-0.4, -0.2) is 19.7 Å². The molecule has 0 amide bonds. The molecule has 1 unspecified atom stereocenters. The van der Waals surface area contributed by atoms with Gasteiger partial charge in [-0.25, -0.2) is 4.98 Å². The Kier molecular flexibility index (Phi) is 3.55. The number of rotatable bonds is 3. The molecule has 0 spiro atoms. The molecule has 0 saturated heterocycles. The van der Waals surface area contributed by atoms with Crippen LogP contribution in [0.4, 0.5) is 5.82 Å². The summed E-state index contributed by atoms with van der Waals surface area (Å²) in [7, 11) is 0. The zero-order valence-electron chi connectivity index (χ0n) is 12.2. The van der Waals surface area contributed by atoms with Crippen LogP contribution < -0.4 is 5.32 Å². The molecule has 0 saturated carbocycles. The maximum absolute atomic E-state index is 4.59. The van der Waals surface area contributed by atoms with E-state index in [4.69, 9.17) is 0 Å². The smallest absolute Gasteiger partial charge is 0.144 e. The minimum Gasteiger partial charge on any atom is -0.362 e. The number of hydrogen-bond acceptors (Lipinski definition) is 4. The molecular weight excluding hydrogens is 238 g/mol. The molecule has 2 aromatic heterocycles. The lowest BCUT2D eigenvalue weighted by Gasteiger charge is -2.19. The highest BCUT2D eigenvalue weighted by atomic mass is 15.3. The summed E-state index contributed by atoms with van der Waals surface area (Å²) in [6.07, 6.45) is 7.17. The van der Waals surface area contributed by atoms with Crippen molar-refractivity contribution in [1.82, 2.24) is 19.7 Å². The molecule has 0 bridgehead atoms. The van der Waals surface area contributed by atoms with E-state index in [1.54, 1.807) is 18.6 Å². The second-order valence-corrected chi connectivity index (χ2v) is 5.74. The van der Waals surface area contributed by atoms with Crippen molar-refractivity contribution in [3.05, 3.63) is 36.0 Å². The second kappa shape index (κ2) is 4.99. The van der Waals surface area contributed by atoms with Gasteiger partial charge in [-0.2, -0.15) is 5.10 Å². The topological polar surface area (TPSA) is 55.6 Å². The predicted octanol–water partition coefficient (Wildman–Crippen LogP) is 2.91. The highest BCUT2D eigenvalue weighted by molar-refractivity contribution is 5.35. The Hall–Kier alpha value is -1.91. The van der Waals surface area contributed by atoms with Gasteiger partial charge < -0.3 is 5.32 Å². The molecule has 5 heteroatoms. The molecule has 5 nitrogen and oxygen atoms in total. The zero-order chi connectivity index (χ0) is 14.0. The maximum atomic E-state index is 4.59. The van der Waals surface area contributed by atoms with Gasteiger partial charge in [0.05, 0.1) is 23.5 Å². The van der Waals surface area contributed by atoms with Crippen LogP contribution in [0.1, 0.15) is 45.0 Å². The van der Waals surface area contributed by atoms with Gasteiger partial charge >= 0.3 is 0 Å². The Balaban J connectivity index is 2.20. The number of aryl methyl sites for hydroxylation is 1. The lowest BCUT2D eigenvalue weighted by Crippen LogP contribution is -2.22. The van der Waals surface area contributed by atoms with E-state index < -0.39 is 0 Å². The van der Waals surface area contributed by atoms with Gasteiger partial charge in [-0.15, -0.1) is 0 Å². The Morgan fingerprint density at radius 3 is 2.53 bits per heavy atom. The van der Waals surface area contributed by atoms with E-state index in [2.05, 4.69) is 54.3 Å². The van der Waals surface area contributed by atoms with Gasteiger partial charge in [0.15, 0.2) is 0 Å². The average Bonchev–Trinajstić information content (AvgIpc) is 2.72. The van der Waals surface area contributed by atoms with Gasteiger partial charge in [-0.05, 0) is 34.6 Å². The van der Waals surface area contributed by atoms with Crippen LogP contribution in [0.25, 0.3) is 0 Å². The van der Waals surface area contributed by atoms with Crippen molar-refractivity contribution in [2.24, 2.45) is 0 Å². The third-order valence-corrected chi connectivity index (χ3v) is 3.02. The first-order chi connectivity index (χ1) is 8.88. The van der Waals surface area contributed by atoms with E-state index in [1.807, 2.05) is 11.6 Å². The second-order valence-electron chi connectivity index (χ2n) is 5.74. The third kappa shape index (κ3) is 3.10. The maximum Gasteiger partial charge on any atom is 0.144 e. The molecular formula is C14H21N5. The van der Waals surface area contributed by atoms with E-state index in [0.29, 0.717) is 0 Å². The lowest BCUT2D eigenvalue weighted by atomic mass is 10.1. The summed E-state index contributed by atoms with van der Waals surface area (Å²) in [6.45, 7) is 10.6. The summed E-state index contributed by atoms with van der Waals surface area (Å²) >= 11 is 0. The molecule has 2 heterocycles. The van der Waals surface area contributed by atoms with Crippen LogP contribution >= 0.6 is 0 Å². The average molecular weight is 259 g/mol. The number of nitrogens with zero attached hydrogens (tertiary/aromatic N) is 4. The molecule has 19 heavy (non-hydrogen) atoms. The number of aromatic nitrogens is 4. The van der Waals surface area contributed by atoms with Crippen molar-refractivity contribution in [3.63, 3.8) is 0 Å². The van der Waals surface area contributed by atoms with Crippen molar-refractivity contribution >= 4 is 5.82 Å². The normalized spacial score (nSPS) is 13.3. The van der Waals surface area contributed by atoms with Crippen LogP contribution in [0, 0.1) is 6.92 Å². The summed E-state index contributed by atoms with van der Waals surface area (Å²) < 4.78 is 2.01. The Labute approximate surface area is 114 Å². The summed E-state index contributed by atoms with van der Waals surface area (Å²) in [4.78, 5) is 8.28. The van der Waals surface area contributed by atoms with E-state index in [-0.39, 0.29) is 11.6 Å². The van der Waals surface area contributed by atoms with Crippen molar-refractivity contribution in [3.8, 4) is 0 Å². The van der Waals surface area contributed by atoms with Crippen molar-refractivity contribution in [2.75, 3.05) is 5.32 Å². The molecule has 0 aliphatic heterocycles. The lowest BCUT2D eigenvalue weighted by molar-refractivity contribution is 0.354. The number of hydrogen-bond donors (Lipinski definition) is 1. The zero-order valence-corrected chi connectivity index (χ0v) is 12.2. The number of nitrogens with one attached hydrogen (secondary N) is 1. The molecule has 2 rings (SSSR count). The fraction of sp³-hybridized carbons (Fsp3) is 0.500. The molecule has 0 aromatic carbocycles. The van der Waals surface area contributed by atoms with Gasteiger partial charge in [0.25, 0.3) is 0 Å². The predicted molar refractivity (Wildman–Crippen MR) is 76.0 cm³/mol. The SMILES string of the molecule is Cc1nn(C(C)(C)C)cc1C(C)Nc1cnccn1. The van der Waals surface area contributed by atoms with Gasteiger partial charge in [0.1, 0.15) is 5.82 Å². The minimum atomic E-state index is -0.00468. The fourth-order valence-corrected chi connectivity index (χ4v) is 1.92. The van der Waals surface area contributed by atoms with Crippen LogP contribution in [-0.2, 0) is 5.54 Å². The van der Waals surface area contributed by atoms with E-state index >= 15 is 0 Å². The van der Waals surface area contributed by atoms with E-state index in [0.717, 1.165) is 11.5 Å². The van der Waals surface area contributed by atoms with Gasteiger partial charge in [-0.1, -0.05) is 0 Å². The van der Waals surface area contributed by atoms with Crippen LogP contribution in [0.5, 0.6) is 0 Å². The van der Waals surface area contributed by atoms with Crippen molar-refractivity contribution in [1.29, 1.82) is 0 Å². The Bertz CT molecular complexity index is 539. The molecule has 1 N–H and O–H groups in total. The molecule has 102 valence electrons. The van der Waals surface area contributed by atoms with Crippen LogP contribution in [0.3, 0.4) is 0 Å². The first-order valence-electron chi connectivity index (χ1n) is 6.47. The Morgan fingerprint density at radius 1 is 1.26 bits per heavy atom. The first-order valence-corrected chi connectivity index (χ1v) is 6.47. The summed E-state index contributed by atoms with van der Waals surface area (Å²) in [6, 6.07) is 0.146. The molecule has 2 aromatic rings. The standard InChI is InChI=1S/C14H21N5/c1-10(17-13-8-15-6-7-16-13)12-9-19(14(3,4)5)18-11(12)2/h6-10H,1-5H3,(H,16,17). The molecule has 0 radical (unpaired) electrons. The molecule has 1 atom stereocenters. The molecule has 0 fully saturated rings. The van der Waals surface area contributed by atoms with Crippen molar-refractivity contribution in [2.45, 2.75) is 46.2 Å². The van der Waals surface area contributed by atoms with Gasteiger partial charge in [0, 0.05) is 24.2 Å². The van der Waals surface area contributed by atoms with Gasteiger partial charge in [0.2, 0.25) is 0 Å². The van der Waals surface area contributed by atoms with Crippen LogP contribution in [0.2, 0.25) is 0 Å². The summed E-state index contributed by atoms with van der Waals surface area (Å²) in [5.41, 5.74) is 2.22. The van der Waals surface area contributed by atoms with Gasteiger partial charge in [-0.3, -0.25) is 9.67 Å². The van der Waals surface area contributed by atoms with E-state index in [9.17, 15) is 0 Å². The number of anilines is 1. The summed E-state index contributed by atoms with van der Waals surface area (Å²) in [5, 5.41) is 7.92. The third-order valence-electron chi connectivity index (χ3n) is 3.02. The quantitative estimate of drug-likeness (QED) is 0.920. The minimum absolute atomic E-state index is 0.00468. The highest BCUT2D eigenvalue weighted by Gasteiger charge is 2.19.